The fourth-order valence-corrected chi connectivity index (χ4v) is 4.24. The summed E-state index contributed by atoms with van der Waals surface area (Å²) < 4.78 is 0. The average molecular weight is 483 g/mol. The van der Waals surface area contributed by atoms with Crippen LogP contribution < -0.4 is 10.2 Å². The molecule has 0 saturated carbocycles. The highest BCUT2D eigenvalue weighted by molar-refractivity contribution is 6.31. The second-order valence-electron chi connectivity index (χ2n) is 7.87. The zero-order valence-corrected chi connectivity index (χ0v) is 19.2. The molecule has 8 heteroatoms. The molecule has 0 aliphatic carbocycles. The van der Waals surface area contributed by atoms with E-state index in [1.165, 1.54) is 12.1 Å². The minimum absolute atomic E-state index is 0.117. The maximum absolute atomic E-state index is 13.2. The van der Waals surface area contributed by atoms with Crippen LogP contribution in [0, 0.1) is 0 Å². The van der Waals surface area contributed by atoms with Crippen molar-refractivity contribution < 1.29 is 19.5 Å². The molecule has 0 spiro atoms. The number of carbonyl (C=O) groups excluding carboxylic acids is 2. The van der Waals surface area contributed by atoms with Crippen LogP contribution in [0.15, 0.2) is 60.7 Å². The zero-order chi connectivity index (χ0) is 23.7. The van der Waals surface area contributed by atoms with E-state index in [1.54, 1.807) is 48.2 Å². The molecule has 0 radical (unpaired) electrons. The Morgan fingerprint density at radius 2 is 1.70 bits per heavy atom. The maximum atomic E-state index is 13.2. The monoisotopic (exact) mass is 482 g/mol. The third-order valence-electron chi connectivity index (χ3n) is 5.57. The van der Waals surface area contributed by atoms with Crippen molar-refractivity contribution >= 4 is 46.7 Å². The quantitative estimate of drug-likeness (QED) is 0.500. The van der Waals surface area contributed by atoms with E-state index >= 15 is 0 Å². The lowest BCUT2D eigenvalue weighted by molar-refractivity contribution is -0.117. The molecule has 0 aromatic heterocycles. The first-order valence-electron chi connectivity index (χ1n) is 10.2. The lowest BCUT2D eigenvalue weighted by Crippen LogP contribution is -2.31. The summed E-state index contributed by atoms with van der Waals surface area (Å²) in [4.78, 5) is 38.7. The van der Waals surface area contributed by atoms with E-state index in [-0.39, 0.29) is 23.8 Å². The predicted octanol–water partition coefficient (Wildman–Crippen LogP) is 5.27. The van der Waals surface area contributed by atoms with Gasteiger partial charge in [0.1, 0.15) is 0 Å². The molecule has 2 amide bonds. The topological polar surface area (TPSA) is 86.7 Å². The lowest BCUT2D eigenvalue weighted by atomic mass is 10.0. The number of benzene rings is 3. The van der Waals surface area contributed by atoms with Crippen LogP contribution in [0.3, 0.4) is 0 Å². The molecule has 3 aromatic rings. The summed E-state index contributed by atoms with van der Waals surface area (Å²) in [7, 11) is 0. The summed E-state index contributed by atoms with van der Waals surface area (Å²) in [6.07, 6.45) is 0.163. The smallest absolute Gasteiger partial charge is 0.335 e. The largest absolute Gasteiger partial charge is 0.478 e. The molecule has 1 unspecified atom stereocenters. The second kappa shape index (κ2) is 9.25. The molecule has 0 saturated heterocycles. The number of nitrogens with one attached hydrogen (secondary N) is 1. The van der Waals surface area contributed by atoms with Gasteiger partial charge in [-0.05, 0) is 60.0 Å². The van der Waals surface area contributed by atoms with Gasteiger partial charge in [-0.15, -0.1) is 0 Å². The molecule has 6 nitrogen and oxygen atoms in total. The molecule has 2 N–H and O–H groups in total. The third-order valence-corrected chi connectivity index (χ3v) is 6.04. The van der Waals surface area contributed by atoms with Crippen LogP contribution in [0.5, 0.6) is 0 Å². The number of amides is 2. The number of halogens is 2. The Labute approximate surface area is 200 Å². The zero-order valence-electron chi connectivity index (χ0n) is 17.6. The van der Waals surface area contributed by atoms with Gasteiger partial charge in [-0.1, -0.05) is 47.5 Å². The van der Waals surface area contributed by atoms with Gasteiger partial charge in [0.15, 0.2) is 0 Å². The highest BCUT2D eigenvalue weighted by Gasteiger charge is 2.32. The van der Waals surface area contributed by atoms with E-state index in [9.17, 15) is 14.4 Å². The summed E-state index contributed by atoms with van der Waals surface area (Å²) in [6.45, 7) is 2.10. The van der Waals surface area contributed by atoms with Crippen molar-refractivity contribution in [2.45, 2.75) is 25.9 Å². The minimum atomic E-state index is -1.02. The first kappa shape index (κ1) is 22.8. The molecule has 1 atom stereocenters. The van der Waals surface area contributed by atoms with Gasteiger partial charge in [0, 0.05) is 10.0 Å². The SMILES string of the molecule is CC(NC(=O)c1cc(Cl)cc2c1N(Cc1ccc(Cl)cc1)C(=O)C2)c1ccc(C(=O)O)cc1. The molecule has 0 fully saturated rings. The fraction of sp³-hybridized carbons (Fsp3) is 0.160. The Morgan fingerprint density at radius 3 is 2.33 bits per heavy atom. The molecule has 0 bridgehead atoms. The number of carboxylic acids is 1. The second-order valence-corrected chi connectivity index (χ2v) is 8.74. The van der Waals surface area contributed by atoms with Crippen molar-refractivity contribution in [3.8, 4) is 0 Å². The molecule has 33 heavy (non-hydrogen) atoms. The minimum Gasteiger partial charge on any atom is -0.478 e. The van der Waals surface area contributed by atoms with E-state index in [2.05, 4.69) is 5.32 Å². The molecule has 1 heterocycles. The van der Waals surface area contributed by atoms with Gasteiger partial charge in [-0.25, -0.2) is 4.79 Å². The van der Waals surface area contributed by atoms with E-state index in [0.29, 0.717) is 33.4 Å². The van der Waals surface area contributed by atoms with Gasteiger partial charge < -0.3 is 15.3 Å². The summed E-state index contributed by atoms with van der Waals surface area (Å²) in [5, 5.41) is 13.0. The van der Waals surface area contributed by atoms with Crippen molar-refractivity contribution in [1.29, 1.82) is 0 Å². The number of rotatable bonds is 6. The van der Waals surface area contributed by atoms with Crippen LogP contribution in [0.1, 0.15) is 50.4 Å². The molecule has 4 rings (SSSR count). The number of anilines is 1. The number of nitrogens with zero attached hydrogens (tertiary/aromatic N) is 1. The maximum Gasteiger partial charge on any atom is 0.335 e. The van der Waals surface area contributed by atoms with Crippen molar-refractivity contribution in [3.05, 3.63) is 98.5 Å². The van der Waals surface area contributed by atoms with E-state index in [0.717, 1.165) is 11.1 Å². The van der Waals surface area contributed by atoms with Crippen molar-refractivity contribution in [3.63, 3.8) is 0 Å². The number of hydrogen-bond donors (Lipinski definition) is 2. The molecule has 168 valence electrons. The van der Waals surface area contributed by atoms with E-state index in [1.807, 2.05) is 12.1 Å². The highest BCUT2D eigenvalue weighted by atomic mass is 35.5. The van der Waals surface area contributed by atoms with Gasteiger partial charge in [-0.2, -0.15) is 0 Å². The third kappa shape index (κ3) is 4.87. The van der Waals surface area contributed by atoms with Crippen LogP contribution in [0.2, 0.25) is 10.0 Å². The number of carboxylic acid groups (broad SMARTS) is 1. The standard InChI is InChI=1S/C25H20Cl2N2O4/c1-14(16-4-6-17(7-5-16)25(32)33)28-24(31)21-12-20(27)10-18-11-22(30)29(23(18)21)13-15-2-8-19(26)9-3-15/h2-10,12,14H,11,13H2,1H3,(H,28,31)(H,32,33). The van der Waals surface area contributed by atoms with Gasteiger partial charge >= 0.3 is 5.97 Å². The Balaban J connectivity index is 1.61. The highest BCUT2D eigenvalue weighted by Crippen LogP contribution is 2.36. The Kier molecular flexibility index (Phi) is 6.40. The summed E-state index contributed by atoms with van der Waals surface area (Å²) in [5.74, 6) is -1.51. The molecular weight excluding hydrogens is 463 g/mol. The van der Waals surface area contributed by atoms with Gasteiger partial charge in [-0.3, -0.25) is 9.59 Å². The molecule has 1 aliphatic heterocycles. The normalized spacial score (nSPS) is 13.5. The van der Waals surface area contributed by atoms with Crippen molar-refractivity contribution in [2.24, 2.45) is 0 Å². The molecule has 1 aliphatic rings. The van der Waals surface area contributed by atoms with E-state index < -0.39 is 12.0 Å². The Bertz CT molecular complexity index is 1240. The summed E-state index contributed by atoms with van der Waals surface area (Å²) in [5.41, 5.74) is 3.36. The van der Waals surface area contributed by atoms with Gasteiger partial charge in [0.05, 0.1) is 35.8 Å². The van der Waals surface area contributed by atoms with E-state index in [4.69, 9.17) is 28.3 Å². The number of carbonyl (C=O) groups is 3. The molecular formula is C25H20Cl2N2O4. The molecule has 3 aromatic carbocycles. The number of aromatic carboxylic acids is 1. The van der Waals surface area contributed by atoms with Gasteiger partial charge in [0.25, 0.3) is 5.91 Å². The van der Waals surface area contributed by atoms with Crippen LogP contribution >= 0.6 is 23.2 Å². The fourth-order valence-electron chi connectivity index (χ4n) is 3.88. The first-order chi connectivity index (χ1) is 15.7. The van der Waals surface area contributed by atoms with Crippen LogP contribution in [0.25, 0.3) is 0 Å². The average Bonchev–Trinajstić information content (AvgIpc) is 3.09. The summed E-state index contributed by atoms with van der Waals surface area (Å²) in [6, 6.07) is 16.4. The summed E-state index contributed by atoms with van der Waals surface area (Å²) >= 11 is 12.2. The van der Waals surface area contributed by atoms with Crippen LogP contribution in [-0.4, -0.2) is 22.9 Å². The lowest BCUT2D eigenvalue weighted by Gasteiger charge is -2.22. The van der Waals surface area contributed by atoms with Gasteiger partial charge in [0.2, 0.25) is 5.91 Å². The predicted molar refractivity (Wildman–Crippen MR) is 127 cm³/mol. The van der Waals surface area contributed by atoms with Crippen LogP contribution in [-0.2, 0) is 17.8 Å². The van der Waals surface area contributed by atoms with Crippen molar-refractivity contribution in [2.75, 3.05) is 4.90 Å². The first-order valence-corrected chi connectivity index (χ1v) is 11.0. The Hall–Kier alpha value is -3.35. The van der Waals surface area contributed by atoms with Crippen molar-refractivity contribution in [1.82, 2.24) is 5.32 Å². The number of hydrogen-bond acceptors (Lipinski definition) is 3. The van der Waals surface area contributed by atoms with Crippen LogP contribution in [0.4, 0.5) is 5.69 Å². The number of fused-ring (bicyclic) bond motifs is 1. The Morgan fingerprint density at radius 1 is 1.03 bits per heavy atom.